The van der Waals surface area contributed by atoms with Gasteiger partial charge in [0.05, 0.1) is 6.54 Å². The van der Waals surface area contributed by atoms with Crippen LogP contribution in [0, 0.1) is 5.92 Å². The molecule has 3 nitrogen and oxygen atoms in total. The normalized spacial score (nSPS) is 18.6. The van der Waals surface area contributed by atoms with Crippen molar-refractivity contribution in [2.75, 3.05) is 0 Å². The van der Waals surface area contributed by atoms with E-state index in [0.717, 1.165) is 34.6 Å². The van der Waals surface area contributed by atoms with E-state index in [1.165, 1.54) is 0 Å². The average Bonchev–Trinajstić information content (AvgIpc) is 3.09. The van der Waals surface area contributed by atoms with Crippen molar-refractivity contribution in [2.24, 2.45) is 5.92 Å². The third-order valence-electron chi connectivity index (χ3n) is 4.14. The van der Waals surface area contributed by atoms with Gasteiger partial charge in [-0.1, -0.05) is 42.5 Å². The maximum Gasteiger partial charge on any atom is 0.223 e. The summed E-state index contributed by atoms with van der Waals surface area (Å²) >= 11 is 1.55. The minimum atomic E-state index is -0.603. The van der Waals surface area contributed by atoms with Gasteiger partial charge in [0.2, 0.25) is 5.91 Å². The highest BCUT2D eigenvalue weighted by atomic mass is 32.1. The Morgan fingerprint density at radius 3 is 2.78 bits per heavy atom. The highest BCUT2D eigenvalue weighted by molar-refractivity contribution is 7.12. The van der Waals surface area contributed by atoms with E-state index >= 15 is 0 Å². The summed E-state index contributed by atoms with van der Waals surface area (Å²) in [5.41, 5.74) is 0.888. The molecule has 3 rings (SSSR count). The molecule has 0 radical (unpaired) electrons. The van der Waals surface area contributed by atoms with Crippen LogP contribution < -0.4 is 5.32 Å². The van der Waals surface area contributed by atoms with Gasteiger partial charge in [-0.15, -0.1) is 11.3 Å². The molecule has 0 saturated carbocycles. The number of aliphatic hydroxyl groups is 1. The van der Waals surface area contributed by atoms with Crippen molar-refractivity contribution in [1.82, 2.24) is 5.32 Å². The molecule has 4 heteroatoms. The van der Waals surface area contributed by atoms with Crippen LogP contribution in [-0.2, 0) is 11.3 Å². The molecule has 0 unspecified atom stereocenters. The standard InChI is InChI=1S/C19H21NO2S/c21-18(14-7-3-1-4-8-14)17-12-11-16(23-17)13-20-19(22)15-9-5-2-6-10-15/h1-5,7-8,11-12,15,18,21H,6,9-10,13H2,(H,20,22)/t15-,18+/m0/s1. The smallest absolute Gasteiger partial charge is 0.223 e. The molecule has 2 N–H and O–H groups in total. The maximum absolute atomic E-state index is 12.1. The molecule has 0 fully saturated rings. The van der Waals surface area contributed by atoms with Crippen molar-refractivity contribution >= 4 is 17.2 Å². The highest BCUT2D eigenvalue weighted by Gasteiger charge is 2.18. The van der Waals surface area contributed by atoms with Gasteiger partial charge in [-0.25, -0.2) is 0 Å². The second-order valence-corrected chi connectivity index (χ2v) is 7.02. The summed E-state index contributed by atoms with van der Waals surface area (Å²) in [5.74, 6) is 0.238. The Hall–Kier alpha value is -1.91. The van der Waals surface area contributed by atoms with Gasteiger partial charge in [-0.3, -0.25) is 4.79 Å². The number of aliphatic hydroxyl groups excluding tert-OH is 1. The fourth-order valence-corrected chi connectivity index (χ4v) is 3.75. The third-order valence-corrected chi connectivity index (χ3v) is 5.28. The third kappa shape index (κ3) is 4.09. The van der Waals surface area contributed by atoms with Crippen molar-refractivity contribution < 1.29 is 9.90 Å². The van der Waals surface area contributed by atoms with E-state index in [-0.39, 0.29) is 11.8 Å². The minimum Gasteiger partial charge on any atom is -0.383 e. The van der Waals surface area contributed by atoms with E-state index in [2.05, 4.69) is 17.5 Å². The van der Waals surface area contributed by atoms with Gasteiger partial charge in [-0.05, 0) is 37.0 Å². The van der Waals surface area contributed by atoms with Crippen LogP contribution in [0.25, 0.3) is 0 Å². The van der Waals surface area contributed by atoms with Crippen molar-refractivity contribution in [3.63, 3.8) is 0 Å². The van der Waals surface area contributed by atoms with Crippen molar-refractivity contribution in [3.05, 3.63) is 69.9 Å². The summed E-state index contributed by atoms with van der Waals surface area (Å²) < 4.78 is 0. The van der Waals surface area contributed by atoms with E-state index in [9.17, 15) is 9.90 Å². The number of allylic oxidation sites excluding steroid dienone is 2. The van der Waals surface area contributed by atoms with Crippen molar-refractivity contribution in [1.29, 1.82) is 0 Å². The average molecular weight is 327 g/mol. The van der Waals surface area contributed by atoms with Crippen LogP contribution in [0.5, 0.6) is 0 Å². The number of benzene rings is 1. The molecular formula is C19H21NO2S. The zero-order valence-electron chi connectivity index (χ0n) is 12.9. The second-order valence-electron chi connectivity index (χ2n) is 5.82. The first kappa shape index (κ1) is 16.0. The predicted molar refractivity (Wildman–Crippen MR) is 93.2 cm³/mol. The fraction of sp³-hybridized carbons (Fsp3) is 0.316. The Morgan fingerprint density at radius 2 is 2.04 bits per heavy atom. The van der Waals surface area contributed by atoms with Gasteiger partial charge < -0.3 is 10.4 Å². The Morgan fingerprint density at radius 1 is 1.22 bits per heavy atom. The molecule has 1 aliphatic rings. The van der Waals surface area contributed by atoms with Crippen LogP contribution in [0.4, 0.5) is 0 Å². The van der Waals surface area contributed by atoms with Gasteiger partial charge in [0, 0.05) is 15.7 Å². The highest BCUT2D eigenvalue weighted by Crippen LogP contribution is 2.28. The molecule has 0 aliphatic heterocycles. The van der Waals surface area contributed by atoms with Crippen LogP contribution in [0.1, 0.15) is 40.7 Å². The van der Waals surface area contributed by atoms with Gasteiger partial charge >= 0.3 is 0 Å². The molecule has 1 aromatic heterocycles. The first-order valence-electron chi connectivity index (χ1n) is 7.98. The Labute approximate surface area is 140 Å². The molecule has 1 amide bonds. The number of carbonyl (C=O) groups is 1. The molecule has 23 heavy (non-hydrogen) atoms. The van der Waals surface area contributed by atoms with E-state index < -0.39 is 6.10 Å². The SMILES string of the molecule is O=C(NCc1ccc([C@H](O)c2ccccc2)s1)[C@H]1CC=CCC1. The van der Waals surface area contributed by atoms with Gasteiger partial charge in [0.25, 0.3) is 0 Å². The molecular weight excluding hydrogens is 306 g/mol. The zero-order chi connectivity index (χ0) is 16.1. The summed E-state index contributed by atoms with van der Waals surface area (Å²) in [6.07, 6.45) is 6.39. The molecule has 1 aliphatic carbocycles. The molecule has 1 heterocycles. The van der Waals surface area contributed by atoms with Gasteiger partial charge in [0.15, 0.2) is 0 Å². The largest absolute Gasteiger partial charge is 0.383 e. The topological polar surface area (TPSA) is 49.3 Å². The van der Waals surface area contributed by atoms with Crippen molar-refractivity contribution in [3.8, 4) is 0 Å². The molecule has 1 aromatic carbocycles. The lowest BCUT2D eigenvalue weighted by atomic mass is 9.94. The molecule has 120 valence electrons. The van der Waals surface area contributed by atoms with Crippen molar-refractivity contribution in [2.45, 2.75) is 31.9 Å². The summed E-state index contributed by atoms with van der Waals surface area (Å²) in [6, 6.07) is 13.5. The van der Waals surface area contributed by atoms with Gasteiger partial charge in [0.1, 0.15) is 6.10 Å². The minimum absolute atomic E-state index is 0.106. The molecule has 0 spiro atoms. The number of hydrogen-bond acceptors (Lipinski definition) is 3. The van der Waals surface area contributed by atoms with Crippen LogP contribution in [0.3, 0.4) is 0 Å². The van der Waals surface area contributed by atoms with Gasteiger partial charge in [-0.2, -0.15) is 0 Å². The molecule has 0 bridgehead atoms. The summed E-state index contributed by atoms with van der Waals surface area (Å²) in [4.78, 5) is 14.1. The number of thiophene rings is 1. The first-order chi connectivity index (χ1) is 11.2. The van der Waals surface area contributed by atoms with Crippen LogP contribution in [-0.4, -0.2) is 11.0 Å². The lowest BCUT2D eigenvalue weighted by molar-refractivity contribution is -0.125. The first-order valence-corrected chi connectivity index (χ1v) is 8.80. The van der Waals surface area contributed by atoms with E-state index in [0.29, 0.717) is 6.54 Å². The van der Waals surface area contributed by atoms with E-state index in [1.807, 2.05) is 42.5 Å². The van der Waals surface area contributed by atoms with Crippen LogP contribution in [0.15, 0.2) is 54.6 Å². The Bertz CT molecular complexity index is 678. The molecule has 0 saturated heterocycles. The maximum atomic E-state index is 12.1. The number of rotatable bonds is 5. The summed E-state index contributed by atoms with van der Waals surface area (Å²) in [6.45, 7) is 0.533. The monoisotopic (exact) mass is 327 g/mol. The van der Waals surface area contributed by atoms with Crippen LogP contribution >= 0.6 is 11.3 Å². The number of hydrogen-bond donors (Lipinski definition) is 2. The lowest BCUT2D eigenvalue weighted by Crippen LogP contribution is -2.30. The lowest BCUT2D eigenvalue weighted by Gasteiger charge is -2.16. The number of amides is 1. The number of carbonyl (C=O) groups excluding carboxylic acids is 1. The predicted octanol–water partition coefficient (Wildman–Crippen LogP) is 3.80. The fourth-order valence-electron chi connectivity index (χ4n) is 2.79. The van der Waals surface area contributed by atoms with E-state index in [1.54, 1.807) is 11.3 Å². The molecule has 2 atom stereocenters. The Balaban J connectivity index is 1.57. The molecule has 2 aromatic rings. The van der Waals surface area contributed by atoms with Crippen LogP contribution in [0.2, 0.25) is 0 Å². The zero-order valence-corrected chi connectivity index (χ0v) is 13.8. The second kappa shape index (κ2) is 7.57. The summed E-state index contributed by atoms with van der Waals surface area (Å²) in [5, 5.41) is 13.4. The number of nitrogens with one attached hydrogen (secondary N) is 1. The quantitative estimate of drug-likeness (QED) is 0.821. The van der Waals surface area contributed by atoms with E-state index in [4.69, 9.17) is 0 Å². The summed E-state index contributed by atoms with van der Waals surface area (Å²) in [7, 11) is 0. The Kier molecular flexibility index (Phi) is 5.26.